The van der Waals surface area contributed by atoms with Crippen LogP contribution in [0.3, 0.4) is 0 Å². The van der Waals surface area contributed by atoms with E-state index in [1.165, 1.54) is 5.56 Å². The molecule has 160 valence electrons. The largest absolute Gasteiger partial charge is 0.379 e. The lowest BCUT2D eigenvalue weighted by Crippen LogP contribution is -2.38. The summed E-state index contributed by atoms with van der Waals surface area (Å²) in [4.78, 5) is 15.0. The summed E-state index contributed by atoms with van der Waals surface area (Å²) >= 11 is 0. The van der Waals surface area contributed by atoms with Crippen molar-refractivity contribution in [1.82, 2.24) is 4.90 Å². The minimum atomic E-state index is -0.327. The Morgan fingerprint density at radius 1 is 0.966 bits per heavy atom. The summed E-state index contributed by atoms with van der Waals surface area (Å²) in [6.07, 6.45) is 0. The maximum Gasteiger partial charge on any atom is 0.229 e. The van der Waals surface area contributed by atoms with E-state index in [1.807, 2.05) is 49.4 Å². The van der Waals surface area contributed by atoms with Crippen LogP contribution >= 0.6 is 24.8 Å². The molecule has 3 rings (SSSR count). The molecular weight excluding hydrogens is 409 g/mol. The summed E-state index contributed by atoms with van der Waals surface area (Å²) < 4.78 is 5.42. The highest BCUT2D eigenvalue weighted by atomic mass is 35.5. The average Bonchev–Trinajstić information content (AvgIpc) is 2.74. The molecule has 5 nitrogen and oxygen atoms in total. The molecule has 0 aromatic heterocycles. The number of nitrogens with two attached hydrogens (primary N) is 1. The molecular formula is C22H31Cl2N3O2. The van der Waals surface area contributed by atoms with E-state index in [-0.39, 0.29) is 42.7 Å². The van der Waals surface area contributed by atoms with Crippen molar-refractivity contribution in [2.45, 2.75) is 25.9 Å². The van der Waals surface area contributed by atoms with Crippen molar-refractivity contribution in [3.63, 3.8) is 0 Å². The fraction of sp³-hybridized carbons (Fsp3) is 0.409. The second-order valence-corrected chi connectivity index (χ2v) is 7.16. The quantitative estimate of drug-likeness (QED) is 0.707. The molecule has 1 fully saturated rings. The number of halogens is 2. The fourth-order valence-corrected chi connectivity index (χ4v) is 3.40. The van der Waals surface area contributed by atoms with Gasteiger partial charge in [-0.25, -0.2) is 0 Å². The third-order valence-electron chi connectivity index (χ3n) is 5.39. The number of amides is 1. The molecule has 1 heterocycles. The molecule has 1 amide bonds. The Kier molecular flexibility index (Phi) is 10.6. The maximum atomic E-state index is 12.6. The number of morpholine rings is 1. The third kappa shape index (κ3) is 6.69. The molecule has 0 radical (unpaired) electrons. The molecule has 1 aliphatic heterocycles. The van der Waals surface area contributed by atoms with Gasteiger partial charge in [-0.2, -0.15) is 0 Å². The fourth-order valence-electron chi connectivity index (χ4n) is 3.40. The number of carbonyl (C=O) groups is 1. The zero-order valence-electron chi connectivity index (χ0n) is 16.9. The van der Waals surface area contributed by atoms with Crippen molar-refractivity contribution in [3.05, 3.63) is 65.7 Å². The zero-order valence-corrected chi connectivity index (χ0v) is 18.5. The van der Waals surface area contributed by atoms with Crippen molar-refractivity contribution >= 4 is 36.4 Å². The number of nitrogens with zero attached hydrogens (tertiary/aromatic N) is 1. The van der Waals surface area contributed by atoms with Gasteiger partial charge in [-0.15, -0.1) is 24.8 Å². The normalized spacial score (nSPS) is 17.2. The number of hydrogen-bond acceptors (Lipinski definition) is 4. The number of anilines is 1. The van der Waals surface area contributed by atoms with Crippen molar-refractivity contribution in [2.75, 3.05) is 31.6 Å². The van der Waals surface area contributed by atoms with Crippen molar-refractivity contribution in [3.8, 4) is 0 Å². The van der Waals surface area contributed by atoms with Gasteiger partial charge in [0, 0.05) is 30.9 Å². The molecule has 1 aliphatic rings. The number of hydrogen-bond donors (Lipinski definition) is 2. The molecule has 2 aromatic rings. The predicted molar refractivity (Wildman–Crippen MR) is 123 cm³/mol. The van der Waals surface area contributed by atoms with Crippen LogP contribution in [0.25, 0.3) is 0 Å². The molecule has 0 aliphatic carbocycles. The van der Waals surface area contributed by atoms with Gasteiger partial charge in [-0.05, 0) is 30.2 Å². The van der Waals surface area contributed by atoms with E-state index in [0.717, 1.165) is 37.6 Å². The SMILES string of the molecule is CC(C(=O)Nc1ccc(C(C)N2CCOCC2)cc1)C(N)c1ccccc1.Cl.Cl. The minimum absolute atomic E-state index is 0. The van der Waals surface area contributed by atoms with Crippen LogP contribution in [0.4, 0.5) is 5.69 Å². The van der Waals surface area contributed by atoms with Crippen LogP contribution in [0.2, 0.25) is 0 Å². The number of ether oxygens (including phenoxy) is 1. The summed E-state index contributed by atoms with van der Waals surface area (Å²) in [5.41, 5.74) is 9.27. The second kappa shape index (κ2) is 12.2. The molecule has 0 saturated carbocycles. The molecule has 7 heteroatoms. The maximum absolute atomic E-state index is 12.6. The molecule has 3 atom stereocenters. The summed E-state index contributed by atoms with van der Waals surface area (Å²) in [6, 6.07) is 17.8. The van der Waals surface area contributed by atoms with E-state index in [2.05, 4.69) is 29.3 Å². The molecule has 3 N–H and O–H groups in total. The topological polar surface area (TPSA) is 67.6 Å². The molecule has 1 saturated heterocycles. The van der Waals surface area contributed by atoms with Crippen LogP contribution < -0.4 is 11.1 Å². The first-order valence-electron chi connectivity index (χ1n) is 9.59. The van der Waals surface area contributed by atoms with Gasteiger partial charge in [0.05, 0.1) is 19.1 Å². The summed E-state index contributed by atoms with van der Waals surface area (Å²) in [5, 5.41) is 2.99. The van der Waals surface area contributed by atoms with Crippen molar-refractivity contribution < 1.29 is 9.53 Å². The summed E-state index contributed by atoms with van der Waals surface area (Å²) in [7, 11) is 0. The van der Waals surface area contributed by atoms with E-state index in [1.54, 1.807) is 0 Å². The van der Waals surface area contributed by atoms with E-state index >= 15 is 0 Å². The van der Waals surface area contributed by atoms with Gasteiger partial charge >= 0.3 is 0 Å². The Morgan fingerprint density at radius 2 is 1.55 bits per heavy atom. The Hall–Kier alpha value is -1.63. The Balaban J connectivity index is 0.00000210. The van der Waals surface area contributed by atoms with Crippen LogP contribution in [0, 0.1) is 5.92 Å². The average molecular weight is 440 g/mol. The van der Waals surface area contributed by atoms with Crippen LogP contribution in [0.1, 0.15) is 37.1 Å². The molecule has 29 heavy (non-hydrogen) atoms. The minimum Gasteiger partial charge on any atom is -0.379 e. The monoisotopic (exact) mass is 439 g/mol. The summed E-state index contributed by atoms with van der Waals surface area (Å²) in [5.74, 6) is -0.389. The van der Waals surface area contributed by atoms with Crippen molar-refractivity contribution in [1.29, 1.82) is 0 Å². The molecule has 3 unspecified atom stereocenters. The van der Waals surface area contributed by atoms with E-state index in [9.17, 15) is 4.79 Å². The Bertz CT molecular complexity index is 737. The highest BCUT2D eigenvalue weighted by Gasteiger charge is 2.22. The highest BCUT2D eigenvalue weighted by molar-refractivity contribution is 5.92. The van der Waals surface area contributed by atoms with Gasteiger partial charge in [0.25, 0.3) is 0 Å². The second-order valence-electron chi connectivity index (χ2n) is 7.16. The van der Waals surface area contributed by atoms with Gasteiger partial charge in [0.15, 0.2) is 0 Å². The zero-order chi connectivity index (χ0) is 19.2. The lowest BCUT2D eigenvalue weighted by Gasteiger charge is -2.32. The molecule has 2 aromatic carbocycles. The van der Waals surface area contributed by atoms with Gasteiger partial charge in [0.1, 0.15) is 0 Å². The van der Waals surface area contributed by atoms with Gasteiger partial charge in [0.2, 0.25) is 5.91 Å². The third-order valence-corrected chi connectivity index (χ3v) is 5.39. The van der Waals surface area contributed by atoms with E-state index in [0.29, 0.717) is 6.04 Å². The van der Waals surface area contributed by atoms with Crippen LogP contribution in [0.15, 0.2) is 54.6 Å². The first-order valence-corrected chi connectivity index (χ1v) is 9.59. The van der Waals surface area contributed by atoms with Crippen molar-refractivity contribution in [2.24, 2.45) is 11.7 Å². The first kappa shape index (κ1) is 25.4. The first-order chi connectivity index (χ1) is 13.1. The Labute approximate surface area is 185 Å². The van der Waals surface area contributed by atoms with Gasteiger partial charge in [-0.1, -0.05) is 49.4 Å². The number of carbonyl (C=O) groups excluding carboxylic acids is 1. The Morgan fingerprint density at radius 3 is 2.14 bits per heavy atom. The summed E-state index contributed by atoms with van der Waals surface area (Å²) in [6.45, 7) is 7.56. The molecule has 0 bridgehead atoms. The number of rotatable bonds is 6. The van der Waals surface area contributed by atoms with Gasteiger partial charge in [-0.3, -0.25) is 9.69 Å². The van der Waals surface area contributed by atoms with Crippen LogP contribution in [0.5, 0.6) is 0 Å². The predicted octanol–water partition coefficient (Wildman–Crippen LogP) is 4.20. The number of benzene rings is 2. The standard InChI is InChI=1S/C22H29N3O2.2ClH/c1-16(21(23)19-6-4-3-5-7-19)22(26)24-20-10-8-18(9-11-20)17(2)25-12-14-27-15-13-25;;/h3-11,16-17,21H,12-15,23H2,1-2H3,(H,24,26);2*1H. The highest BCUT2D eigenvalue weighted by Crippen LogP contribution is 2.24. The lowest BCUT2D eigenvalue weighted by molar-refractivity contribution is -0.120. The van der Waals surface area contributed by atoms with Crippen LogP contribution in [-0.2, 0) is 9.53 Å². The van der Waals surface area contributed by atoms with Gasteiger partial charge < -0.3 is 15.8 Å². The van der Waals surface area contributed by atoms with E-state index in [4.69, 9.17) is 10.5 Å². The van der Waals surface area contributed by atoms with Crippen LogP contribution in [-0.4, -0.2) is 37.1 Å². The van der Waals surface area contributed by atoms with E-state index < -0.39 is 0 Å². The molecule has 0 spiro atoms. The number of nitrogens with one attached hydrogen (secondary N) is 1. The lowest BCUT2D eigenvalue weighted by atomic mass is 9.94. The smallest absolute Gasteiger partial charge is 0.229 e.